The zero-order valence-electron chi connectivity index (χ0n) is 12.6. The number of carbonyl (C=O) groups is 1. The van der Waals surface area contributed by atoms with Crippen molar-refractivity contribution in [3.8, 4) is 0 Å². The van der Waals surface area contributed by atoms with Gasteiger partial charge in [-0.05, 0) is 37.8 Å². The molecule has 0 aliphatic carbocycles. The molecule has 0 spiro atoms. The lowest BCUT2D eigenvalue weighted by molar-refractivity contribution is -0.137. The topological polar surface area (TPSA) is 49.6 Å². The molecule has 1 aromatic carbocycles. The number of piperidine rings is 1. The van der Waals surface area contributed by atoms with Crippen molar-refractivity contribution in [3.63, 3.8) is 0 Å². The molecule has 1 atom stereocenters. The van der Waals surface area contributed by atoms with Crippen LogP contribution >= 0.6 is 0 Å². The molecule has 1 aromatic rings. The summed E-state index contributed by atoms with van der Waals surface area (Å²) in [5, 5.41) is 0. The summed E-state index contributed by atoms with van der Waals surface area (Å²) in [4.78, 5) is 17.1. The van der Waals surface area contributed by atoms with Crippen LogP contribution in [0.5, 0.6) is 0 Å². The third-order valence-corrected chi connectivity index (χ3v) is 4.73. The Morgan fingerprint density at radius 2 is 1.81 bits per heavy atom. The molecule has 2 saturated heterocycles. The first-order valence-electron chi connectivity index (χ1n) is 8.06. The summed E-state index contributed by atoms with van der Waals surface area (Å²) in [6.07, 6.45) is 4.00. The number of carbonyl (C=O) groups excluding carboxylic acids is 1. The highest BCUT2D eigenvalue weighted by atomic mass is 16.2. The van der Waals surface area contributed by atoms with Crippen LogP contribution in [0.25, 0.3) is 0 Å². The molecule has 1 unspecified atom stereocenters. The molecule has 3 rings (SSSR count). The van der Waals surface area contributed by atoms with Crippen molar-refractivity contribution >= 4 is 5.91 Å². The average Bonchev–Trinajstić information content (AvgIpc) is 2.96. The van der Waals surface area contributed by atoms with E-state index in [1.54, 1.807) is 0 Å². The molecule has 1 amide bonds. The third-order valence-electron chi connectivity index (χ3n) is 4.73. The van der Waals surface area contributed by atoms with Crippen molar-refractivity contribution in [1.29, 1.82) is 0 Å². The predicted octanol–water partition coefficient (Wildman–Crippen LogP) is 1.60. The van der Waals surface area contributed by atoms with E-state index in [4.69, 9.17) is 5.73 Å². The summed E-state index contributed by atoms with van der Waals surface area (Å²) in [6.45, 7) is 3.56. The smallest absolute Gasteiger partial charge is 0.239 e. The van der Waals surface area contributed by atoms with E-state index in [0.29, 0.717) is 5.91 Å². The van der Waals surface area contributed by atoms with Crippen LogP contribution in [0, 0.1) is 0 Å². The molecule has 0 bridgehead atoms. The minimum absolute atomic E-state index is 0.0690. The second-order valence-corrected chi connectivity index (χ2v) is 6.28. The zero-order valence-corrected chi connectivity index (χ0v) is 12.6. The van der Waals surface area contributed by atoms with Crippen LogP contribution < -0.4 is 5.73 Å². The molecule has 114 valence electrons. The van der Waals surface area contributed by atoms with Crippen molar-refractivity contribution in [1.82, 2.24) is 9.80 Å². The Labute approximate surface area is 126 Å². The molecule has 2 aliphatic rings. The van der Waals surface area contributed by atoms with E-state index >= 15 is 0 Å². The van der Waals surface area contributed by atoms with Crippen LogP contribution in [0.1, 0.15) is 31.2 Å². The first-order valence-corrected chi connectivity index (χ1v) is 8.06. The summed E-state index contributed by atoms with van der Waals surface area (Å²) in [5.74, 6) is 0.315. The van der Waals surface area contributed by atoms with Crippen LogP contribution in [0.3, 0.4) is 0 Å². The molecule has 2 N–H and O–H groups in total. The van der Waals surface area contributed by atoms with Crippen LogP contribution in [0.4, 0.5) is 0 Å². The van der Waals surface area contributed by atoms with Crippen molar-refractivity contribution < 1.29 is 4.79 Å². The Balaban J connectivity index is 1.62. The molecule has 4 nitrogen and oxygen atoms in total. The first-order chi connectivity index (χ1) is 10.2. The van der Waals surface area contributed by atoms with Gasteiger partial charge in [0.05, 0.1) is 6.04 Å². The van der Waals surface area contributed by atoms with Crippen LogP contribution in [-0.4, -0.2) is 47.4 Å². The Morgan fingerprint density at radius 1 is 1.10 bits per heavy atom. The van der Waals surface area contributed by atoms with Crippen LogP contribution in [0.15, 0.2) is 30.3 Å². The number of nitrogens with zero attached hydrogens (tertiary/aromatic N) is 2. The maximum atomic E-state index is 12.8. The average molecular weight is 287 g/mol. The Kier molecular flexibility index (Phi) is 4.56. The fourth-order valence-electron chi connectivity index (χ4n) is 3.44. The minimum Gasteiger partial charge on any atom is -0.341 e. The van der Waals surface area contributed by atoms with E-state index in [1.807, 2.05) is 11.0 Å². The van der Waals surface area contributed by atoms with E-state index < -0.39 is 0 Å². The van der Waals surface area contributed by atoms with Gasteiger partial charge < -0.3 is 10.6 Å². The van der Waals surface area contributed by atoms with Gasteiger partial charge >= 0.3 is 0 Å². The maximum Gasteiger partial charge on any atom is 0.239 e. The Hall–Kier alpha value is -1.39. The molecule has 2 aliphatic heterocycles. The second-order valence-electron chi connectivity index (χ2n) is 6.28. The monoisotopic (exact) mass is 287 g/mol. The molecule has 0 aromatic heterocycles. The molecule has 2 heterocycles. The number of benzene rings is 1. The lowest BCUT2D eigenvalue weighted by atomic mass is 10.0. The lowest BCUT2D eigenvalue weighted by Crippen LogP contribution is -2.50. The number of hydrogen-bond acceptors (Lipinski definition) is 3. The van der Waals surface area contributed by atoms with Gasteiger partial charge in [0.1, 0.15) is 0 Å². The summed E-state index contributed by atoms with van der Waals surface area (Å²) < 4.78 is 0. The van der Waals surface area contributed by atoms with E-state index in [2.05, 4.69) is 29.2 Å². The predicted molar refractivity (Wildman–Crippen MR) is 83.7 cm³/mol. The first kappa shape index (κ1) is 14.5. The number of hydrogen-bond donors (Lipinski definition) is 1. The molecule has 21 heavy (non-hydrogen) atoms. The van der Waals surface area contributed by atoms with Crippen molar-refractivity contribution in [2.45, 2.75) is 44.3 Å². The van der Waals surface area contributed by atoms with E-state index in [9.17, 15) is 4.79 Å². The summed E-state index contributed by atoms with van der Waals surface area (Å²) in [6, 6.07) is 10.8. The minimum atomic E-state index is 0.0690. The molecular weight excluding hydrogens is 262 g/mol. The van der Waals surface area contributed by atoms with Gasteiger partial charge in [0, 0.05) is 25.7 Å². The van der Waals surface area contributed by atoms with E-state index in [-0.39, 0.29) is 12.1 Å². The largest absolute Gasteiger partial charge is 0.341 e. The number of nitrogens with two attached hydrogens (primary N) is 1. The number of likely N-dealkylation sites (tertiary alicyclic amines) is 2. The van der Waals surface area contributed by atoms with Crippen LogP contribution in [-0.2, 0) is 11.3 Å². The highest BCUT2D eigenvalue weighted by molar-refractivity contribution is 5.82. The van der Waals surface area contributed by atoms with Gasteiger partial charge in [-0.15, -0.1) is 0 Å². The zero-order chi connectivity index (χ0) is 14.7. The van der Waals surface area contributed by atoms with Gasteiger partial charge in [0.15, 0.2) is 0 Å². The summed E-state index contributed by atoms with van der Waals surface area (Å²) >= 11 is 0. The fraction of sp³-hybridized carbons (Fsp3) is 0.588. The third kappa shape index (κ3) is 3.44. The van der Waals surface area contributed by atoms with Gasteiger partial charge in [0.25, 0.3) is 0 Å². The number of amides is 1. The van der Waals surface area contributed by atoms with Crippen molar-refractivity contribution in [3.05, 3.63) is 35.9 Å². The number of rotatable bonds is 3. The van der Waals surface area contributed by atoms with Gasteiger partial charge in [-0.3, -0.25) is 9.69 Å². The highest BCUT2D eigenvalue weighted by Gasteiger charge is 2.34. The van der Waals surface area contributed by atoms with Crippen LogP contribution in [0.2, 0.25) is 0 Å². The van der Waals surface area contributed by atoms with Crippen molar-refractivity contribution in [2.75, 3.05) is 19.6 Å². The highest BCUT2D eigenvalue weighted by Crippen LogP contribution is 2.23. The van der Waals surface area contributed by atoms with Gasteiger partial charge in [-0.1, -0.05) is 30.3 Å². The van der Waals surface area contributed by atoms with Crippen molar-refractivity contribution in [2.24, 2.45) is 5.73 Å². The molecule has 2 fully saturated rings. The molecule has 4 heteroatoms. The van der Waals surface area contributed by atoms with Gasteiger partial charge in [-0.2, -0.15) is 0 Å². The SMILES string of the molecule is NC1CCN(C(=O)C2CCCN2Cc2ccccc2)CC1. The summed E-state index contributed by atoms with van der Waals surface area (Å²) in [5.41, 5.74) is 7.22. The van der Waals surface area contributed by atoms with Gasteiger partial charge in [-0.25, -0.2) is 0 Å². The summed E-state index contributed by atoms with van der Waals surface area (Å²) in [7, 11) is 0. The molecule has 0 radical (unpaired) electrons. The second kappa shape index (κ2) is 6.58. The molecular formula is C17H25N3O. The van der Waals surface area contributed by atoms with E-state index in [1.165, 1.54) is 5.56 Å². The lowest BCUT2D eigenvalue weighted by Gasteiger charge is -2.34. The standard InChI is InChI=1S/C17H25N3O/c18-15-8-11-19(12-9-15)17(21)16-7-4-10-20(16)13-14-5-2-1-3-6-14/h1-3,5-6,15-16H,4,7-13,18H2. The normalized spacial score (nSPS) is 24.4. The van der Waals surface area contributed by atoms with Gasteiger partial charge in [0.2, 0.25) is 5.91 Å². The Bertz CT molecular complexity index is 468. The Morgan fingerprint density at radius 3 is 2.52 bits per heavy atom. The fourth-order valence-corrected chi connectivity index (χ4v) is 3.44. The quantitative estimate of drug-likeness (QED) is 0.918. The molecule has 0 saturated carbocycles. The maximum absolute atomic E-state index is 12.8. The van der Waals surface area contributed by atoms with E-state index in [0.717, 1.165) is 51.9 Å².